The fourth-order valence-electron chi connectivity index (χ4n) is 2.60. The third-order valence-corrected chi connectivity index (χ3v) is 6.53. The molecule has 2 N–H and O–H groups in total. The van der Waals surface area contributed by atoms with Crippen LogP contribution in [-0.2, 0) is 19.4 Å². The summed E-state index contributed by atoms with van der Waals surface area (Å²) in [5, 5.41) is 12.5. The lowest BCUT2D eigenvalue weighted by Crippen LogP contribution is -2.44. The maximum Gasteiger partial charge on any atom is 0.221 e. The summed E-state index contributed by atoms with van der Waals surface area (Å²) in [6.45, 7) is 1.39. The number of aliphatic hydroxyl groups excluding tert-OH is 1. The molecule has 1 aliphatic heterocycles. The zero-order valence-electron chi connectivity index (χ0n) is 13.3. The third kappa shape index (κ3) is 4.92. The lowest BCUT2D eigenvalue weighted by atomic mass is 9.81. The van der Waals surface area contributed by atoms with Crippen molar-refractivity contribution >= 4 is 27.3 Å². The minimum Gasteiger partial charge on any atom is -0.396 e. The van der Waals surface area contributed by atoms with E-state index in [1.165, 1.54) is 12.1 Å². The average Bonchev–Trinajstić information content (AvgIpc) is 2.59. The molecule has 0 aromatic heterocycles. The van der Waals surface area contributed by atoms with Gasteiger partial charge >= 0.3 is 0 Å². The molecule has 1 aliphatic rings. The van der Waals surface area contributed by atoms with E-state index in [2.05, 4.69) is 5.32 Å². The van der Waals surface area contributed by atoms with Gasteiger partial charge in [-0.25, -0.2) is 8.42 Å². The first-order valence-corrected chi connectivity index (χ1v) is 9.84. The van der Waals surface area contributed by atoms with Crippen LogP contribution < -0.4 is 5.32 Å². The Labute approximate surface area is 147 Å². The Morgan fingerprint density at radius 2 is 1.96 bits per heavy atom. The van der Waals surface area contributed by atoms with Crippen molar-refractivity contribution in [3.63, 3.8) is 0 Å². The van der Waals surface area contributed by atoms with E-state index >= 15 is 0 Å². The second kappa shape index (κ2) is 8.29. The van der Waals surface area contributed by atoms with E-state index in [1.807, 2.05) is 0 Å². The van der Waals surface area contributed by atoms with E-state index in [-0.39, 0.29) is 40.0 Å². The van der Waals surface area contributed by atoms with Crippen LogP contribution in [-0.4, -0.2) is 51.5 Å². The predicted molar refractivity (Wildman–Crippen MR) is 90.7 cm³/mol. The van der Waals surface area contributed by atoms with Gasteiger partial charge in [0.25, 0.3) is 0 Å². The number of carbonyl (C=O) groups is 1. The molecule has 1 amide bonds. The molecule has 0 bridgehead atoms. The summed E-state index contributed by atoms with van der Waals surface area (Å²) in [7, 11) is -3.61. The van der Waals surface area contributed by atoms with Gasteiger partial charge in [-0.15, -0.1) is 0 Å². The highest BCUT2D eigenvalue weighted by Gasteiger charge is 2.32. The third-order valence-electron chi connectivity index (χ3n) is 4.32. The maximum absolute atomic E-state index is 12.3. The van der Waals surface area contributed by atoms with Crippen LogP contribution in [0.4, 0.5) is 0 Å². The summed E-state index contributed by atoms with van der Waals surface area (Å²) in [6, 6.07) is 6.17. The molecule has 0 radical (unpaired) electrons. The van der Waals surface area contributed by atoms with E-state index < -0.39 is 9.84 Å². The molecule has 0 atom stereocenters. The normalized spacial score (nSPS) is 17.4. The first-order valence-electron chi connectivity index (χ1n) is 7.81. The SMILES string of the molecule is O=C(CCS(=O)(=O)c1ccccc1Cl)NCC1(CO)CCOCC1. The number of amides is 1. The number of sulfone groups is 1. The lowest BCUT2D eigenvalue weighted by Gasteiger charge is -2.35. The molecule has 2 rings (SSSR count). The van der Waals surface area contributed by atoms with Crippen LogP contribution >= 0.6 is 11.6 Å². The van der Waals surface area contributed by atoms with Crippen LogP contribution in [0.5, 0.6) is 0 Å². The maximum atomic E-state index is 12.3. The molecule has 1 saturated heterocycles. The average molecular weight is 376 g/mol. The summed E-state index contributed by atoms with van der Waals surface area (Å²) in [5.74, 6) is -0.664. The van der Waals surface area contributed by atoms with Gasteiger partial charge in [0.2, 0.25) is 5.91 Å². The van der Waals surface area contributed by atoms with Crippen molar-refractivity contribution in [2.45, 2.75) is 24.2 Å². The van der Waals surface area contributed by atoms with E-state index in [0.29, 0.717) is 32.6 Å². The van der Waals surface area contributed by atoms with Gasteiger partial charge in [0.1, 0.15) is 0 Å². The van der Waals surface area contributed by atoms with Crippen molar-refractivity contribution in [1.82, 2.24) is 5.32 Å². The highest BCUT2D eigenvalue weighted by Crippen LogP contribution is 2.29. The quantitative estimate of drug-likeness (QED) is 0.751. The molecule has 0 saturated carbocycles. The second-order valence-electron chi connectivity index (χ2n) is 6.05. The summed E-state index contributed by atoms with van der Waals surface area (Å²) in [6.07, 6.45) is 1.19. The number of carbonyl (C=O) groups excluding carboxylic acids is 1. The Morgan fingerprint density at radius 1 is 1.29 bits per heavy atom. The first kappa shape index (κ1) is 19.2. The molecule has 1 heterocycles. The lowest BCUT2D eigenvalue weighted by molar-refractivity contribution is -0.122. The van der Waals surface area contributed by atoms with Gasteiger partial charge in [-0.2, -0.15) is 0 Å². The Bertz CT molecular complexity index is 671. The molecular formula is C16H22ClNO5S. The minimum absolute atomic E-state index is 0.0332. The Balaban J connectivity index is 1.88. The minimum atomic E-state index is -3.61. The van der Waals surface area contributed by atoms with Crippen molar-refractivity contribution in [2.24, 2.45) is 5.41 Å². The van der Waals surface area contributed by atoms with Gasteiger partial charge in [0.15, 0.2) is 9.84 Å². The van der Waals surface area contributed by atoms with Crippen LogP contribution in [0.1, 0.15) is 19.3 Å². The number of ether oxygens (including phenoxy) is 1. The highest BCUT2D eigenvalue weighted by molar-refractivity contribution is 7.91. The van der Waals surface area contributed by atoms with Crippen LogP contribution in [0.3, 0.4) is 0 Å². The van der Waals surface area contributed by atoms with Crippen LogP contribution in [0.15, 0.2) is 29.2 Å². The summed E-state index contributed by atoms with van der Waals surface area (Å²) < 4.78 is 29.8. The van der Waals surface area contributed by atoms with Gasteiger partial charge < -0.3 is 15.2 Å². The Hall–Kier alpha value is -1.15. The monoisotopic (exact) mass is 375 g/mol. The molecule has 6 nitrogen and oxygen atoms in total. The molecule has 8 heteroatoms. The summed E-state index contributed by atoms with van der Waals surface area (Å²) in [5.41, 5.74) is -0.379. The Kier molecular flexibility index (Phi) is 6.62. The zero-order valence-corrected chi connectivity index (χ0v) is 14.9. The van der Waals surface area contributed by atoms with Crippen LogP contribution in [0.25, 0.3) is 0 Å². The van der Waals surface area contributed by atoms with Crippen molar-refractivity contribution in [3.05, 3.63) is 29.3 Å². The van der Waals surface area contributed by atoms with Gasteiger partial charge in [-0.1, -0.05) is 23.7 Å². The number of hydrogen-bond acceptors (Lipinski definition) is 5. The molecule has 1 fully saturated rings. The van der Waals surface area contributed by atoms with Crippen LogP contribution in [0, 0.1) is 5.41 Å². The van der Waals surface area contributed by atoms with Crippen molar-refractivity contribution in [1.29, 1.82) is 0 Å². The Morgan fingerprint density at radius 3 is 2.58 bits per heavy atom. The highest BCUT2D eigenvalue weighted by atomic mass is 35.5. The molecule has 0 spiro atoms. The van der Waals surface area contributed by atoms with Gasteiger partial charge in [-0.3, -0.25) is 4.79 Å². The number of rotatable bonds is 7. The fourth-order valence-corrected chi connectivity index (χ4v) is 4.42. The van der Waals surface area contributed by atoms with E-state index in [0.717, 1.165) is 0 Å². The predicted octanol–water partition coefficient (Wildman–Crippen LogP) is 1.41. The first-order chi connectivity index (χ1) is 11.4. The van der Waals surface area contributed by atoms with E-state index in [9.17, 15) is 18.3 Å². The fraction of sp³-hybridized carbons (Fsp3) is 0.562. The largest absolute Gasteiger partial charge is 0.396 e. The van der Waals surface area contributed by atoms with Crippen molar-refractivity contribution in [3.8, 4) is 0 Å². The molecule has 24 heavy (non-hydrogen) atoms. The van der Waals surface area contributed by atoms with Crippen molar-refractivity contribution in [2.75, 3.05) is 32.1 Å². The molecule has 134 valence electrons. The second-order valence-corrected chi connectivity index (χ2v) is 8.53. The standard InChI is InChI=1S/C16H22ClNO5S/c17-13-3-1-2-4-14(13)24(21,22)10-5-15(20)18-11-16(12-19)6-8-23-9-7-16/h1-4,19H,5-12H2,(H,18,20). The topological polar surface area (TPSA) is 92.7 Å². The number of aliphatic hydroxyl groups is 1. The molecule has 0 aliphatic carbocycles. The number of benzene rings is 1. The molecule has 1 aromatic rings. The van der Waals surface area contributed by atoms with Crippen LogP contribution in [0.2, 0.25) is 5.02 Å². The number of hydrogen-bond donors (Lipinski definition) is 2. The zero-order chi connectivity index (χ0) is 17.6. The number of halogens is 1. The molecule has 1 aromatic carbocycles. The smallest absolute Gasteiger partial charge is 0.221 e. The number of nitrogens with one attached hydrogen (secondary N) is 1. The summed E-state index contributed by atoms with van der Waals surface area (Å²) >= 11 is 5.90. The van der Waals surface area contributed by atoms with E-state index in [4.69, 9.17) is 16.3 Å². The van der Waals surface area contributed by atoms with Gasteiger partial charge in [-0.05, 0) is 25.0 Å². The van der Waals surface area contributed by atoms with E-state index in [1.54, 1.807) is 12.1 Å². The molecular weight excluding hydrogens is 354 g/mol. The van der Waals surface area contributed by atoms with Crippen molar-refractivity contribution < 1.29 is 23.1 Å². The molecule has 0 unspecified atom stereocenters. The van der Waals surface area contributed by atoms with Gasteiger partial charge in [0, 0.05) is 31.6 Å². The summed E-state index contributed by atoms with van der Waals surface area (Å²) in [4.78, 5) is 12.0. The van der Waals surface area contributed by atoms with Gasteiger partial charge in [0.05, 0.1) is 22.3 Å².